The molecule has 1 saturated heterocycles. The SMILES string of the molecule is O=C1C2Cc3c([nH]c4ccccc34)C(c3ccc(Cl)cc3)N2C(=O)CN1CCCn1ccnc1. The van der Waals surface area contributed by atoms with Crippen molar-refractivity contribution >= 4 is 34.3 Å². The second-order valence-electron chi connectivity index (χ2n) is 8.95. The van der Waals surface area contributed by atoms with Gasteiger partial charge in [0.1, 0.15) is 6.04 Å². The van der Waals surface area contributed by atoms with E-state index in [1.165, 1.54) is 0 Å². The van der Waals surface area contributed by atoms with E-state index < -0.39 is 6.04 Å². The van der Waals surface area contributed by atoms with Crippen LogP contribution in [-0.2, 0) is 22.6 Å². The number of aryl methyl sites for hydroxylation is 1. The predicted molar refractivity (Wildman–Crippen MR) is 129 cm³/mol. The molecule has 8 heteroatoms. The van der Waals surface area contributed by atoms with E-state index in [1.807, 2.05) is 53.2 Å². The molecule has 1 fully saturated rings. The first-order chi connectivity index (χ1) is 16.6. The zero-order valence-electron chi connectivity index (χ0n) is 18.5. The molecule has 2 atom stereocenters. The van der Waals surface area contributed by atoms with Crippen molar-refractivity contribution in [2.45, 2.75) is 31.5 Å². The second-order valence-corrected chi connectivity index (χ2v) is 9.39. The molecule has 172 valence electrons. The van der Waals surface area contributed by atoms with Crippen molar-refractivity contribution < 1.29 is 9.59 Å². The quantitative estimate of drug-likeness (QED) is 0.479. The number of hydrogen-bond acceptors (Lipinski definition) is 3. The van der Waals surface area contributed by atoms with Gasteiger partial charge in [0.05, 0.1) is 18.9 Å². The third-order valence-electron chi connectivity index (χ3n) is 6.93. The van der Waals surface area contributed by atoms with Crippen LogP contribution in [0.15, 0.2) is 67.3 Å². The summed E-state index contributed by atoms with van der Waals surface area (Å²) in [6.45, 7) is 1.39. The molecule has 34 heavy (non-hydrogen) atoms. The van der Waals surface area contributed by atoms with E-state index in [-0.39, 0.29) is 24.4 Å². The zero-order chi connectivity index (χ0) is 23.2. The summed E-state index contributed by atoms with van der Waals surface area (Å²) in [6.07, 6.45) is 6.68. The van der Waals surface area contributed by atoms with E-state index in [0.717, 1.165) is 40.7 Å². The molecule has 0 saturated carbocycles. The Balaban J connectivity index is 1.37. The number of aromatic amines is 1. The van der Waals surface area contributed by atoms with Gasteiger partial charge >= 0.3 is 0 Å². The number of benzene rings is 2. The van der Waals surface area contributed by atoms with Gasteiger partial charge in [0.25, 0.3) is 0 Å². The van der Waals surface area contributed by atoms with Gasteiger partial charge in [-0.2, -0.15) is 0 Å². The summed E-state index contributed by atoms with van der Waals surface area (Å²) in [7, 11) is 0. The average molecular weight is 474 g/mol. The summed E-state index contributed by atoms with van der Waals surface area (Å²) in [5, 5.41) is 1.74. The van der Waals surface area contributed by atoms with Crippen LogP contribution in [0.2, 0.25) is 5.02 Å². The fourth-order valence-electron chi connectivity index (χ4n) is 5.37. The van der Waals surface area contributed by atoms with Crippen LogP contribution >= 0.6 is 11.6 Å². The van der Waals surface area contributed by atoms with Crippen molar-refractivity contribution in [2.24, 2.45) is 0 Å². The van der Waals surface area contributed by atoms with Crippen molar-refractivity contribution in [1.29, 1.82) is 0 Å². The molecule has 4 heterocycles. The van der Waals surface area contributed by atoms with Gasteiger partial charge in [0.2, 0.25) is 11.8 Å². The van der Waals surface area contributed by atoms with Gasteiger partial charge in [-0.1, -0.05) is 41.9 Å². The maximum Gasteiger partial charge on any atom is 0.246 e. The Kier molecular flexibility index (Phi) is 5.14. The molecule has 2 aliphatic heterocycles. The normalized spacial score (nSPS) is 20.0. The number of imidazole rings is 1. The molecule has 1 N–H and O–H groups in total. The molecule has 0 bridgehead atoms. The summed E-state index contributed by atoms with van der Waals surface area (Å²) in [4.78, 5) is 38.3. The summed E-state index contributed by atoms with van der Waals surface area (Å²) < 4.78 is 1.98. The molecule has 6 rings (SSSR count). The van der Waals surface area contributed by atoms with Gasteiger partial charge in [-0.3, -0.25) is 9.59 Å². The van der Waals surface area contributed by atoms with Crippen LogP contribution < -0.4 is 0 Å². The highest BCUT2D eigenvalue weighted by Gasteiger charge is 2.48. The van der Waals surface area contributed by atoms with Crippen molar-refractivity contribution in [3.63, 3.8) is 0 Å². The summed E-state index contributed by atoms with van der Waals surface area (Å²) in [5.74, 6) is -0.0170. The van der Waals surface area contributed by atoms with E-state index in [2.05, 4.69) is 16.0 Å². The Morgan fingerprint density at radius 3 is 2.68 bits per heavy atom. The molecule has 7 nitrogen and oxygen atoms in total. The number of H-pyrrole nitrogens is 1. The van der Waals surface area contributed by atoms with Gasteiger partial charge < -0.3 is 19.4 Å². The second kappa shape index (κ2) is 8.33. The Bertz CT molecular complexity index is 1360. The minimum Gasteiger partial charge on any atom is -0.356 e. The standard InChI is InChI=1S/C26H24ClN5O2/c27-18-8-6-17(7-9-18)25-24-20(19-4-1-2-5-21(19)29-24)14-22-26(34)31(15-23(33)32(22)25)12-3-11-30-13-10-28-16-30/h1-2,4-10,13,16,22,25,29H,3,11-12,14-15H2. The third-order valence-corrected chi connectivity index (χ3v) is 7.18. The lowest BCUT2D eigenvalue weighted by molar-refractivity contribution is -0.158. The molecular formula is C26H24ClN5O2. The van der Waals surface area contributed by atoms with Gasteiger partial charge in [-0.15, -0.1) is 0 Å². The van der Waals surface area contributed by atoms with Gasteiger partial charge in [0, 0.05) is 53.5 Å². The number of nitrogens with one attached hydrogen (secondary N) is 1. The maximum atomic E-state index is 13.7. The number of amides is 2. The number of piperazine rings is 1. The number of aromatic nitrogens is 3. The highest BCUT2D eigenvalue weighted by molar-refractivity contribution is 6.30. The number of rotatable bonds is 5. The molecule has 2 unspecified atom stereocenters. The first kappa shape index (κ1) is 21.0. The monoisotopic (exact) mass is 473 g/mol. The van der Waals surface area contributed by atoms with Crippen LogP contribution in [-0.4, -0.2) is 55.3 Å². The fourth-order valence-corrected chi connectivity index (χ4v) is 5.49. The fraction of sp³-hybridized carbons (Fsp3) is 0.269. The summed E-state index contributed by atoms with van der Waals surface area (Å²) in [5.41, 5.74) is 4.05. The lowest BCUT2D eigenvalue weighted by Gasteiger charge is -2.47. The van der Waals surface area contributed by atoms with Crippen LogP contribution in [0.4, 0.5) is 0 Å². The lowest BCUT2D eigenvalue weighted by atomic mass is 9.86. The molecular weight excluding hydrogens is 450 g/mol. The van der Waals surface area contributed by atoms with Crippen LogP contribution in [0, 0.1) is 0 Å². The first-order valence-electron chi connectivity index (χ1n) is 11.5. The van der Waals surface area contributed by atoms with E-state index in [9.17, 15) is 9.59 Å². The number of carbonyl (C=O) groups is 2. The lowest BCUT2D eigenvalue weighted by Crippen LogP contribution is -2.63. The van der Waals surface area contributed by atoms with Crippen LogP contribution in [0.25, 0.3) is 10.9 Å². The van der Waals surface area contributed by atoms with Gasteiger partial charge in [-0.25, -0.2) is 4.98 Å². The van der Waals surface area contributed by atoms with E-state index in [1.54, 1.807) is 22.3 Å². The van der Waals surface area contributed by atoms with Crippen molar-refractivity contribution in [2.75, 3.05) is 13.1 Å². The molecule has 0 spiro atoms. The topological polar surface area (TPSA) is 74.2 Å². The molecule has 0 radical (unpaired) electrons. The smallest absolute Gasteiger partial charge is 0.246 e. The van der Waals surface area contributed by atoms with Gasteiger partial charge in [0.15, 0.2) is 0 Å². The van der Waals surface area contributed by atoms with E-state index in [4.69, 9.17) is 11.6 Å². The van der Waals surface area contributed by atoms with Crippen LogP contribution in [0.5, 0.6) is 0 Å². The van der Waals surface area contributed by atoms with Crippen molar-refractivity contribution in [3.05, 3.63) is 89.1 Å². The highest BCUT2D eigenvalue weighted by Crippen LogP contribution is 2.42. The molecule has 0 aliphatic carbocycles. The Labute approximate surface area is 201 Å². The summed E-state index contributed by atoms with van der Waals surface area (Å²) in [6, 6.07) is 14.8. The zero-order valence-corrected chi connectivity index (χ0v) is 19.3. The summed E-state index contributed by atoms with van der Waals surface area (Å²) >= 11 is 6.15. The third kappa shape index (κ3) is 3.47. The number of halogens is 1. The Morgan fingerprint density at radius 2 is 1.88 bits per heavy atom. The Morgan fingerprint density at radius 1 is 1.06 bits per heavy atom. The number of fused-ring (bicyclic) bond motifs is 4. The molecule has 2 amide bonds. The molecule has 2 aliphatic rings. The maximum absolute atomic E-state index is 13.7. The highest BCUT2D eigenvalue weighted by atomic mass is 35.5. The van der Waals surface area contributed by atoms with E-state index >= 15 is 0 Å². The van der Waals surface area contributed by atoms with Crippen molar-refractivity contribution in [1.82, 2.24) is 24.3 Å². The van der Waals surface area contributed by atoms with Gasteiger partial charge in [-0.05, 0) is 35.7 Å². The van der Waals surface area contributed by atoms with Crippen molar-refractivity contribution in [3.8, 4) is 0 Å². The predicted octanol–water partition coefficient (Wildman–Crippen LogP) is 3.79. The molecule has 2 aromatic carbocycles. The largest absolute Gasteiger partial charge is 0.356 e. The minimum absolute atomic E-state index is 0.0140. The van der Waals surface area contributed by atoms with Crippen LogP contribution in [0.1, 0.15) is 29.3 Å². The number of para-hydroxylation sites is 1. The molecule has 4 aromatic rings. The van der Waals surface area contributed by atoms with Crippen LogP contribution in [0.3, 0.4) is 0 Å². The minimum atomic E-state index is -0.526. The first-order valence-corrected chi connectivity index (χ1v) is 11.9. The van der Waals surface area contributed by atoms with E-state index in [0.29, 0.717) is 18.0 Å². The molecule has 2 aromatic heterocycles. The Hall–Kier alpha value is -3.58. The number of carbonyl (C=O) groups excluding carboxylic acids is 2. The number of nitrogens with zero attached hydrogens (tertiary/aromatic N) is 4. The number of hydrogen-bond donors (Lipinski definition) is 1. The average Bonchev–Trinajstić information content (AvgIpc) is 3.49.